The van der Waals surface area contributed by atoms with Crippen molar-refractivity contribution in [2.24, 2.45) is 10.9 Å². The van der Waals surface area contributed by atoms with Crippen LogP contribution < -0.4 is 4.90 Å². The highest BCUT2D eigenvalue weighted by Gasteiger charge is 2.28. The van der Waals surface area contributed by atoms with Crippen molar-refractivity contribution in [2.45, 2.75) is 45.2 Å². The molecule has 0 aromatic carbocycles. The second-order valence-electron chi connectivity index (χ2n) is 7.09. The fraction of sp³-hybridized carbons (Fsp3) is 0.474. The minimum atomic E-state index is -0.570. The van der Waals surface area contributed by atoms with Crippen molar-refractivity contribution in [1.82, 2.24) is 15.0 Å². The van der Waals surface area contributed by atoms with Crippen LogP contribution in [0.2, 0.25) is 5.15 Å². The molecule has 3 heterocycles. The summed E-state index contributed by atoms with van der Waals surface area (Å²) in [6.07, 6.45) is 8.23. The Labute approximate surface area is 157 Å². The molecule has 7 heteroatoms. The third kappa shape index (κ3) is 2.96. The number of aliphatic imine (C=N–C) groups is 1. The lowest BCUT2D eigenvalue weighted by molar-refractivity contribution is 0.320. The van der Waals surface area contributed by atoms with Gasteiger partial charge in [-0.15, -0.1) is 0 Å². The summed E-state index contributed by atoms with van der Waals surface area (Å²) in [5.41, 5.74) is 2.22. The van der Waals surface area contributed by atoms with E-state index in [1.807, 2.05) is 0 Å². The van der Waals surface area contributed by atoms with E-state index in [0.29, 0.717) is 35.5 Å². The third-order valence-electron chi connectivity index (χ3n) is 5.47. The molecule has 0 spiro atoms. The first-order valence-electron chi connectivity index (χ1n) is 9.00. The summed E-state index contributed by atoms with van der Waals surface area (Å²) in [5, 5.41) is -0.158. The Morgan fingerprint density at radius 2 is 2.04 bits per heavy atom. The lowest BCUT2D eigenvalue weighted by atomic mass is 9.85. The number of pyridine rings is 1. The molecule has 2 aliphatic rings. The van der Waals surface area contributed by atoms with Crippen LogP contribution in [0, 0.1) is 11.7 Å². The lowest BCUT2D eigenvalue weighted by Gasteiger charge is -2.36. The molecule has 1 saturated carbocycles. The average molecular weight is 374 g/mol. The molecule has 0 N–H and O–H groups in total. The van der Waals surface area contributed by atoms with Crippen LogP contribution in [0.15, 0.2) is 23.5 Å². The van der Waals surface area contributed by atoms with Crippen LogP contribution in [-0.2, 0) is 6.54 Å². The molecule has 136 valence electrons. The monoisotopic (exact) mass is 373 g/mol. The molecule has 1 aliphatic carbocycles. The van der Waals surface area contributed by atoms with Gasteiger partial charge in [-0.1, -0.05) is 31.4 Å². The van der Waals surface area contributed by atoms with Crippen LogP contribution >= 0.6 is 11.6 Å². The Morgan fingerprint density at radius 1 is 1.23 bits per heavy atom. The van der Waals surface area contributed by atoms with Crippen molar-refractivity contribution >= 4 is 23.1 Å². The summed E-state index contributed by atoms with van der Waals surface area (Å²) in [4.78, 5) is 19.8. The van der Waals surface area contributed by atoms with Gasteiger partial charge >= 0.3 is 0 Å². The molecule has 4 rings (SSSR count). The van der Waals surface area contributed by atoms with E-state index in [4.69, 9.17) is 16.6 Å². The molecule has 0 unspecified atom stereocenters. The predicted octanol–water partition coefficient (Wildman–Crippen LogP) is 4.03. The maximum Gasteiger partial charge on any atom is 0.169 e. The van der Waals surface area contributed by atoms with Crippen LogP contribution in [-0.4, -0.2) is 33.8 Å². The quantitative estimate of drug-likeness (QED) is 0.762. The lowest BCUT2D eigenvalue weighted by Crippen LogP contribution is -2.39. The van der Waals surface area contributed by atoms with Gasteiger partial charge in [0.05, 0.1) is 24.1 Å². The minimum absolute atomic E-state index is 0.158. The van der Waals surface area contributed by atoms with Crippen molar-refractivity contribution in [3.05, 3.63) is 46.4 Å². The number of nitrogens with zero attached hydrogens (tertiary/aromatic N) is 5. The summed E-state index contributed by atoms with van der Waals surface area (Å²) >= 11 is 5.80. The summed E-state index contributed by atoms with van der Waals surface area (Å²) in [6.45, 7) is 2.71. The van der Waals surface area contributed by atoms with Gasteiger partial charge in [-0.2, -0.15) is 0 Å². The van der Waals surface area contributed by atoms with Gasteiger partial charge < -0.3 is 4.90 Å². The first kappa shape index (κ1) is 17.3. The van der Waals surface area contributed by atoms with Crippen molar-refractivity contribution in [3.63, 3.8) is 0 Å². The molecule has 0 radical (unpaired) electrons. The van der Waals surface area contributed by atoms with Gasteiger partial charge in [-0.3, -0.25) is 4.99 Å². The molecule has 26 heavy (non-hydrogen) atoms. The van der Waals surface area contributed by atoms with Gasteiger partial charge in [0.2, 0.25) is 0 Å². The van der Waals surface area contributed by atoms with Gasteiger partial charge in [0, 0.05) is 24.8 Å². The van der Waals surface area contributed by atoms with Crippen LogP contribution in [0.1, 0.15) is 49.6 Å². The topological polar surface area (TPSA) is 54.3 Å². The van der Waals surface area contributed by atoms with Crippen molar-refractivity contribution < 1.29 is 4.39 Å². The maximum atomic E-state index is 14.3. The standard InChI is InChI=1S/C19H21ClFN5/c1-11-5-3-4-6-14(11)26(2)15-10-24-18-13(25-15)9-23-17(18)12-7-8-22-19(20)16(12)21/h7-8,10-11,14H,3-6,9H2,1-2H3/t11-,14+/m0/s1. The number of halogens is 2. The van der Waals surface area contributed by atoms with E-state index >= 15 is 0 Å². The molecule has 0 saturated heterocycles. The van der Waals surface area contributed by atoms with Crippen molar-refractivity contribution in [3.8, 4) is 0 Å². The number of fused-ring (bicyclic) bond motifs is 1. The van der Waals surface area contributed by atoms with Gasteiger partial charge in [0.25, 0.3) is 0 Å². The van der Waals surface area contributed by atoms with E-state index in [1.165, 1.54) is 31.9 Å². The number of hydrogen-bond donors (Lipinski definition) is 0. The van der Waals surface area contributed by atoms with E-state index in [-0.39, 0.29) is 5.15 Å². The molecule has 2 atom stereocenters. The number of aromatic nitrogens is 3. The van der Waals surface area contributed by atoms with Crippen LogP contribution in [0.3, 0.4) is 0 Å². The minimum Gasteiger partial charge on any atom is -0.355 e. The predicted molar refractivity (Wildman–Crippen MR) is 100 cm³/mol. The van der Waals surface area contributed by atoms with Crippen molar-refractivity contribution in [1.29, 1.82) is 0 Å². The van der Waals surface area contributed by atoms with E-state index < -0.39 is 5.82 Å². The Bertz CT molecular complexity index is 869. The molecule has 2 aromatic rings. The van der Waals surface area contributed by atoms with Gasteiger partial charge in [-0.25, -0.2) is 19.3 Å². The van der Waals surface area contributed by atoms with E-state index in [1.54, 1.807) is 12.3 Å². The zero-order valence-corrected chi connectivity index (χ0v) is 15.7. The van der Waals surface area contributed by atoms with Gasteiger partial charge in [0.1, 0.15) is 11.5 Å². The molecular formula is C19H21ClFN5. The zero-order valence-electron chi connectivity index (χ0n) is 14.9. The molecular weight excluding hydrogens is 353 g/mol. The number of rotatable bonds is 3. The van der Waals surface area contributed by atoms with E-state index in [2.05, 4.69) is 33.8 Å². The first-order valence-corrected chi connectivity index (χ1v) is 9.38. The fourth-order valence-electron chi connectivity index (χ4n) is 3.98. The normalized spacial score (nSPS) is 22.1. The molecule has 0 amide bonds. The number of anilines is 1. The first-order chi connectivity index (χ1) is 12.6. The smallest absolute Gasteiger partial charge is 0.169 e. The largest absolute Gasteiger partial charge is 0.355 e. The molecule has 1 fully saturated rings. The summed E-state index contributed by atoms with van der Waals surface area (Å²) in [6, 6.07) is 2.05. The zero-order chi connectivity index (χ0) is 18.3. The SMILES string of the molecule is C[C@H]1CCCC[C@H]1N(C)c1cnc2c(n1)CN=C2c1ccnc(Cl)c1F. The van der Waals surface area contributed by atoms with Crippen molar-refractivity contribution in [2.75, 3.05) is 11.9 Å². The van der Waals surface area contributed by atoms with Crippen LogP contribution in [0.4, 0.5) is 10.2 Å². The average Bonchev–Trinajstić information content (AvgIpc) is 3.07. The molecule has 5 nitrogen and oxygen atoms in total. The van der Waals surface area contributed by atoms with E-state index in [0.717, 1.165) is 11.5 Å². The fourth-order valence-corrected chi connectivity index (χ4v) is 4.14. The van der Waals surface area contributed by atoms with Gasteiger partial charge in [-0.05, 0) is 24.8 Å². The van der Waals surface area contributed by atoms with Crippen LogP contribution in [0.25, 0.3) is 0 Å². The maximum absolute atomic E-state index is 14.3. The Morgan fingerprint density at radius 3 is 2.85 bits per heavy atom. The second-order valence-corrected chi connectivity index (χ2v) is 7.45. The second kappa shape index (κ2) is 6.91. The Kier molecular flexibility index (Phi) is 4.61. The Hall–Kier alpha value is -2.08. The summed E-state index contributed by atoms with van der Waals surface area (Å²) in [7, 11) is 2.09. The highest BCUT2D eigenvalue weighted by Crippen LogP contribution is 2.31. The molecule has 0 bridgehead atoms. The van der Waals surface area contributed by atoms with Gasteiger partial charge in [0.15, 0.2) is 11.0 Å². The highest BCUT2D eigenvalue weighted by atomic mass is 35.5. The number of hydrogen-bond acceptors (Lipinski definition) is 5. The Balaban J connectivity index is 1.63. The molecule has 1 aliphatic heterocycles. The third-order valence-corrected chi connectivity index (χ3v) is 5.73. The summed E-state index contributed by atoms with van der Waals surface area (Å²) < 4.78 is 14.3. The highest BCUT2D eigenvalue weighted by molar-refractivity contribution is 6.30. The van der Waals surface area contributed by atoms with Crippen LogP contribution in [0.5, 0.6) is 0 Å². The van der Waals surface area contributed by atoms with E-state index in [9.17, 15) is 4.39 Å². The summed E-state index contributed by atoms with van der Waals surface area (Å²) in [5.74, 6) is 0.927. The molecule has 2 aromatic heterocycles.